The van der Waals surface area contributed by atoms with Crippen LogP contribution in [0, 0.1) is 0 Å². The van der Waals surface area contributed by atoms with Crippen molar-refractivity contribution in [3.05, 3.63) is 29.8 Å². The number of esters is 2. The van der Waals surface area contributed by atoms with Crippen molar-refractivity contribution in [2.24, 2.45) is 0 Å². The van der Waals surface area contributed by atoms with Crippen molar-refractivity contribution in [2.45, 2.75) is 6.92 Å². The molecule has 0 radical (unpaired) electrons. The first-order valence-corrected chi connectivity index (χ1v) is 3.62. The molecule has 0 aliphatic heterocycles. The van der Waals surface area contributed by atoms with Gasteiger partial charge in [-0.1, -0.05) is 12.1 Å². The van der Waals surface area contributed by atoms with Crippen LogP contribution in [0.25, 0.3) is 0 Å². The van der Waals surface area contributed by atoms with Gasteiger partial charge in [0.15, 0.2) is 0 Å². The second kappa shape index (κ2) is 5.42. The Labute approximate surface area is 91.4 Å². The summed E-state index contributed by atoms with van der Waals surface area (Å²) in [6.45, 7) is 1.12. The van der Waals surface area contributed by atoms with E-state index in [1.807, 2.05) is 0 Å². The van der Waals surface area contributed by atoms with Crippen LogP contribution in [0.2, 0.25) is 0 Å². The van der Waals surface area contributed by atoms with E-state index in [0.717, 1.165) is 6.92 Å². The van der Waals surface area contributed by atoms with Gasteiger partial charge in [0.1, 0.15) is 11.3 Å². The van der Waals surface area contributed by atoms with Crippen LogP contribution in [0.3, 0.4) is 0 Å². The molecule has 0 atom stereocenters. The number of phenolic OH excluding ortho intramolecular Hbond substituents is 1. The molecule has 1 N–H and O–H groups in total. The Balaban J connectivity index is 0.00000169. The largest absolute Gasteiger partial charge is 2.00 e. The summed E-state index contributed by atoms with van der Waals surface area (Å²) in [6, 6.07) is 5.85. The number of aromatic hydroxyl groups is 1. The van der Waals surface area contributed by atoms with Gasteiger partial charge in [-0.25, -0.2) is 4.79 Å². The molecule has 0 aliphatic rings. The molecular formula is C9H8FeO4+2. The molecule has 74 valence electrons. The third-order valence-corrected chi connectivity index (χ3v) is 1.36. The molecule has 4 nitrogen and oxygen atoms in total. The Morgan fingerprint density at radius 2 is 1.86 bits per heavy atom. The Morgan fingerprint density at radius 3 is 2.36 bits per heavy atom. The second-order valence-corrected chi connectivity index (χ2v) is 2.40. The van der Waals surface area contributed by atoms with E-state index in [4.69, 9.17) is 0 Å². The summed E-state index contributed by atoms with van der Waals surface area (Å²) in [5.74, 6) is -1.74. The fourth-order valence-electron chi connectivity index (χ4n) is 0.832. The molecule has 0 saturated carbocycles. The minimum Gasteiger partial charge on any atom is -0.507 e. The van der Waals surface area contributed by atoms with E-state index < -0.39 is 11.9 Å². The first-order chi connectivity index (χ1) is 6.11. The van der Waals surface area contributed by atoms with Gasteiger partial charge in [-0.2, -0.15) is 0 Å². The zero-order valence-electron chi connectivity index (χ0n) is 7.33. The van der Waals surface area contributed by atoms with E-state index in [1.54, 1.807) is 12.1 Å². The van der Waals surface area contributed by atoms with Gasteiger partial charge < -0.3 is 9.84 Å². The number of benzene rings is 1. The number of hydrogen-bond acceptors (Lipinski definition) is 4. The van der Waals surface area contributed by atoms with Gasteiger partial charge >= 0.3 is 29.0 Å². The molecule has 0 aliphatic carbocycles. The molecule has 0 heterocycles. The van der Waals surface area contributed by atoms with E-state index in [0.29, 0.717) is 0 Å². The summed E-state index contributed by atoms with van der Waals surface area (Å²) in [5, 5.41) is 9.18. The third kappa shape index (κ3) is 3.20. The number of rotatable bonds is 1. The maximum Gasteiger partial charge on any atom is 2.00 e. The number of phenols is 1. The summed E-state index contributed by atoms with van der Waals surface area (Å²) < 4.78 is 4.28. The van der Waals surface area contributed by atoms with Crippen LogP contribution in [0.1, 0.15) is 17.3 Å². The normalized spacial score (nSPS) is 8.64. The van der Waals surface area contributed by atoms with E-state index in [-0.39, 0.29) is 28.4 Å². The SMILES string of the molecule is CC(=O)OC(=O)c1ccccc1O.[Fe+2]. The molecule has 14 heavy (non-hydrogen) atoms. The zero-order valence-corrected chi connectivity index (χ0v) is 8.44. The van der Waals surface area contributed by atoms with E-state index in [1.165, 1.54) is 12.1 Å². The topological polar surface area (TPSA) is 63.6 Å². The van der Waals surface area contributed by atoms with Crippen molar-refractivity contribution in [1.82, 2.24) is 0 Å². The van der Waals surface area contributed by atoms with Gasteiger partial charge in [-0.3, -0.25) is 4.79 Å². The van der Waals surface area contributed by atoms with Crippen LogP contribution in [-0.4, -0.2) is 17.0 Å². The molecule has 0 fully saturated rings. The molecule has 1 aromatic rings. The van der Waals surface area contributed by atoms with Gasteiger partial charge in [0.25, 0.3) is 0 Å². The summed E-state index contributed by atoms with van der Waals surface area (Å²) in [6.07, 6.45) is 0. The minimum absolute atomic E-state index is 0. The van der Waals surface area contributed by atoms with Gasteiger partial charge in [0.05, 0.1) is 0 Å². The Hall–Kier alpha value is -1.32. The summed E-state index contributed by atoms with van der Waals surface area (Å²) in [7, 11) is 0. The van der Waals surface area contributed by atoms with Crippen molar-refractivity contribution in [3.63, 3.8) is 0 Å². The predicted octanol–water partition coefficient (Wildman–Crippen LogP) is 1.09. The third-order valence-electron chi connectivity index (χ3n) is 1.36. The van der Waals surface area contributed by atoms with Crippen molar-refractivity contribution >= 4 is 11.9 Å². The van der Waals surface area contributed by atoms with Crippen molar-refractivity contribution in [2.75, 3.05) is 0 Å². The van der Waals surface area contributed by atoms with Gasteiger partial charge in [-0.05, 0) is 12.1 Å². The van der Waals surface area contributed by atoms with Crippen LogP contribution < -0.4 is 0 Å². The van der Waals surface area contributed by atoms with Crippen LogP contribution in [-0.2, 0) is 26.6 Å². The van der Waals surface area contributed by atoms with Crippen molar-refractivity contribution in [1.29, 1.82) is 0 Å². The average Bonchev–Trinajstić information content (AvgIpc) is 2.03. The molecule has 1 aromatic carbocycles. The van der Waals surface area contributed by atoms with E-state index in [2.05, 4.69) is 4.74 Å². The summed E-state index contributed by atoms with van der Waals surface area (Å²) in [4.78, 5) is 21.5. The molecule has 0 spiro atoms. The first-order valence-electron chi connectivity index (χ1n) is 3.62. The molecule has 0 unspecified atom stereocenters. The number of carbonyl (C=O) groups excluding carboxylic acids is 2. The summed E-state index contributed by atoms with van der Waals surface area (Å²) >= 11 is 0. The van der Waals surface area contributed by atoms with Crippen LogP contribution in [0.4, 0.5) is 0 Å². The Morgan fingerprint density at radius 1 is 1.29 bits per heavy atom. The van der Waals surface area contributed by atoms with Gasteiger partial charge in [-0.15, -0.1) is 0 Å². The maximum absolute atomic E-state index is 11.1. The standard InChI is InChI=1S/C9H8O4.Fe/c1-6(10)13-9(12)7-4-2-3-5-8(7)11;/h2-5,11H,1H3;/q;+2. The van der Waals surface area contributed by atoms with Gasteiger partial charge in [0, 0.05) is 6.92 Å². The molecular weight excluding hydrogens is 228 g/mol. The minimum atomic E-state index is -0.842. The number of ether oxygens (including phenoxy) is 1. The fraction of sp³-hybridized carbons (Fsp3) is 0.111. The van der Waals surface area contributed by atoms with Crippen molar-refractivity contribution in [3.8, 4) is 5.75 Å². The molecule has 1 rings (SSSR count). The first kappa shape index (κ1) is 12.7. The Bertz CT molecular complexity index is 348. The molecule has 0 saturated heterocycles. The quantitative estimate of drug-likeness (QED) is 0.450. The molecule has 0 aromatic heterocycles. The second-order valence-electron chi connectivity index (χ2n) is 2.40. The monoisotopic (exact) mass is 236 g/mol. The van der Waals surface area contributed by atoms with Crippen molar-refractivity contribution < 1.29 is 36.5 Å². The molecule has 0 bridgehead atoms. The molecule has 0 amide bonds. The van der Waals surface area contributed by atoms with Crippen LogP contribution in [0.15, 0.2) is 24.3 Å². The van der Waals surface area contributed by atoms with Crippen LogP contribution in [0.5, 0.6) is 5.75 Å². The van der Waals surface area contributed by atoms with E-state index >= 15 is 0 Å². The summed E-state index contributed by atoms with van der Waals surface area (Å²) in [5.41, 5.74) is -0.0160. The van der Waals surface area contributed by atoms with Gasteiger partial charge in [0.2, 0.25) is 0 Å². The molecule has 5 heteroatoms. The van der Waals surface area contributed by atoms with Crippen LogP contribution >= 0.6 is 0 Å². The smallest absolute Gasteiger partial charge is 0.507 e. The number of carbonyl (C=O) groups is 2. The fourth-order valence-corrected chi connectivity index (χ4v) is 0.832. The Kier molecular flexibility index (Phi) is 4.91. The number of para-hydroxylation sites is 1. The predicted molar refractivity (Wildman–Crippen MR) is 44.2 cm³/mol. The average molecular weight is 236 g/mol. The zero-order chi connectivity index (χ0) is 9.84. The number of hydrogen-bond donors (Lipinski definition) is 1. The van der Waals surface area contributed by atoms with E-state index in [9.17, 15) is 14.7 Å². The maximum atomic E-state index is 11.1.